The van der Waals surface area contributed by atoms with Crippen molar-refractivity contribution >= 4 is 11.7 Å². The molecule has 1 aromatic carbocycles. The van der Waals surface area contributed by atoms with Crippen LogP contribution >= 0.6 is 0 Å². The van der Waals surface area contributed by atoms with Gasteiger partial charge in [-0.25, -0.2) is 9.07 Å². The number of anilines is 1. The van der Waals surface area contributed by atoms with Gasteiger partial charge in [-0.15, -0.1) is 0 Å². The van der Waals surface area contributed by atoms with Crippen molar-refractivity contribution in [2.75, 3.05) is 18.5 Å². The molecule has 0 radical (unpaired) electrons. The Hall–Kier alpha value is -2.62. The molecule has 3 unspecified atom stereocenters. The van der Waals surface area contributed by atoms with Crippen molar-refractivity contribution in [2.45, 2.75) is 43.6 Å². The zero-order valence-corrected chi connectivity index (χ0v) is 15.4. The minimum absolute atomic E-state index is 0.00209. The highest BCUT2D eigenvalue weighted by Gasteiger charge is 2.47. The zero-order valence-electron chi connectivity index (χ0n) is 15.4. The van der Waals surface area contributed by atoms with E-state index in [4.69, 9.17) is 4.74 Å². The molecule has 4 rings (SSSR count). The molecule has 3 atom stereocenters. The van der Waals surface area contributed by atoms with E-state index in [9.17, 15) is 22.4 Å². The molecule has 1 fully saturated rings. The number of halogens is 4. The van der Waals surface area contributed by atoms with Crippen molar-refractivity contribution in [2.24, 2.45) is 0 Å². The number of fused-ring (bicyclic) bond motifs is 1. The normalized spacial score (nSPS) is 24.1. The van der Waals surface area contributed by atoms with E-state index in [-0.39, 0.29) is 30.5 Å². The molecule has 2 aliphatic rings. The quantitative estimate of drug-likeness (QED) is 0.754. The lowest BCUT2D eigenvalue weighted by atomic mass is 9.96. The van der Waals surface area contributed by atoms with E-state index in [1.54, 1.807) is 0 Å². The first-order valence-electron chi connectivity index (χ1n) is 9.39. The van der Waals surface area contributed by atoms with Gasteiger partial charge in [0.2, 0.25) is 0 Å². The first-order chi connectivity index (χ1) is 13.8. The summed E-state index contributed by atoms with van der Waals surface area (Å²) < 4.78 is 60.5. The van der Waals surface area contributed by atoms with Crippen LogP contribution in [0.1, 0.15) is 47.3 Å². The van der Waals surface area contributed by atoms with Crippen molar-refractivity contribution in [1.82, 2.24) is 15.1 Å². The molecular formula is C19H20F4N4O2. The lowest BCUT2D eigenvalue weighted by molar-refractivity contribution is -0.173. The van der Waals surface area contributed by atoms with Gasteiger partial charge >= 0.3 is 6.18 Å². The van der Waals surface area contributed by atoms with Gasteiger partial charge in [0, 0.05) is 19.6 Å². The van der Waals surface area contributed by atoms with Gasteiger partial charge in [0.15, 0.2) is 6.04 Å². The Labute approximate surface area is 164 Å². The molecule has 29 heavy (non-hydrogen) atoms. The number of nitrogens with one attached hydrogen (secondary N) is 2. The molecule has 0 aliphatic carbocycles. The second kappa shape index (κ2) is 7.66. The Bertz CT molecular complexity index is 875. The van der Waals surface area contributed by atoms with E-state index in [1.165, 1.54) is 24.3 Å². The smallest absolute Gasteiger partial charge is 0.376 e. The van der Waals surface area contributed by atoms with E-state index in [0.717, 1.165) is 23.7 Å². The number of amides is 1. The first-order valence-corrected chi connectivity index (χ1v) is 9.39. The zero-order chi connectivity index (χ0) is 20.6. The molecular weight excluding hydrogens is 392 g/mol. The van der Waals surface area contributed by atoms with Crippen LogP contribution in [0.4, 0.5) is 23.4 Å². The summed E-state index contributed by atoms with van der Waals surface area (Å²) in [6, 6.07) is 2.62. The largest absolute Gasteiger partial charge is 0.410 e. The Morgan fingerprint density at radius 1 is 1.31 bits per heavy atom. The predicted molar refractivity (Wildman–Crippen MR) is 96.0 cm³/mol. The van der Waals surface area contributed by atoms with E-state index in [0.29, 0.717) is 12.2 Å². The molecule has 2 aliphatic heterocycles. The van der Waals surface area contributed by atoms with Gasteiger partial charge in [-0.2, -0.15) is 18.3 Å². The van der Waals surface area contributed by atoms with Crippen molar-refractivity contribution < 1.29 is 27.1 Å². The number of hydrogen-bond acceptors (Lipinski definition) is 4. The SMILES string of the molecule is O=C(NCC1CCCO1)c1cnn2c1NC(c1ccc(F)cc1)CC2C(F)(F)F. The van der Waals surface area contributed by atoms with E-state index >= 15 is 0 Å². The lowest BCUT2D eigenvalue weighted by Crippen LogP contribution is -2.37. The summed E-state index contributed by atoms with van der Waals surface area (Å²) in [6.07, 6.45) is -2.08. The molecule has 2 N–H and O–H groups in total. The summed E-state index contributed by atoms with van der Waals surface area (Å²) in [5.74, 6) is -0.996. The summed E-state index contributed by atoms with van der Waals surface area (Å²) in [5, 5.41) is 9.51. The molecule has 10 heteroatoms. The Balaban J connectivity index is 1.60. The van der Waals surface area contributed by atoms with Gasteiger partial charge in [-0.05, 0) is 30.5 Å². The van der Waals surface area contributed by atoms with Gasteiger partial charge in [0.05, 0.1) is 18.3 Å². The average molecular weight is 412 g/mol. The first kappa shape index (κ1) is 19.7. The van der Waals surface area contributed by atoms with Crippen LogP contribution in [0.3, 0.4) is 0 Å². The molecule has 1 saturated heterocycles. The molecule has 0 spiro atoms. The highest BCUT2D eigenvalue weighted by molar-refractivity contribution is 5.98. The number of hydrogen-bond donors (Lipinski definition) is 2. The van der Waals surface area contributed by atoms with Gasteiger partial charge in [0.25, 0.3) is 5.91 Å². The molecule has 2 aromatic rings. The Morgan fingerprint density at radius 3 is 2.72 bits per heavy atom. The lowest BCUT2D eigenvalue weighted by Gasteiger charge is -2.34. The monoisotopic (exact) mass is 412 g/mol. The standard InChI is InChI=1S/C19H20F4N4O2/c20-12-5-3-11(4-6-12)15-8-16(19(21,22)23)27-17(26-15)14(10-25-27)18(28)24-9-13-2-1-7-29-13/h3-6,10,13,15-16,26H,1-2,7-9H2,(H,24,28). The number of alkyl halides is 3. The van der Waals surface area contributed by atoms with Crippen LogP contribution in [0.2, 0.25) is 0 Å². The second-order valence-electron chi connectivity index (χ2n) is 7.24. The van der Waals surface area contributed by atoms with Crippen LogP contribution < -0.4 is 10.6 Å². The maximum absolute atomic E-state index is 13.7. The van der Waals surface area contributed by atoms with Crippen LogP contribution in [0.25, 0.3) is 0 Å². The third kappa shape index (κ3) is 4.07. The van der Waals surface area contributed by atoms with Gasteiger partial charge in [-0.1, -0.05) is 12.1 Å². The highest BCUT2D eigenvalue weighted by atomic mass is 19.4. The summed E-state index contributed by atoms with van der Waals surface area (Å²) >= 11 is 0. The maximum atomic E-state index is 13.7. The molecule has 1 aromatic heterocycles. The molecule has 6 nitrogen and oxygen atoms in total. The third-order valence-electron chi connectivity index (χ3n) is 5.27. The Morgan fingerprint density at radius 2 is 2.07 bits per heavy atom. The molecule has 0 bridgehead atoms. The van der Waals surface area contributed by atoms with E-state index in [1.807, 2.05) is 0 Å². The van der Waals surface area contributed by atoms with Crippen molar-refractivity contribution in [3.05, 3.63) is 47.4 Å². The summed E-state index contributed by atoms with van der Waals surface area (Å²) in [4.78, 5) is 12.6. The van der Waals surface area contributed by atoms with Gasteiger partial charge < -0.3 is 15.4 Å². The summed E-state index contributed by atoms with van der Waals surface area (Å²) in [6.45, 7) is 0.922. The van der Waals surface area contributed by atoms with Gasteiger partial charge in [0.1, 0.15) is 17.2 Å². The van der Waals surface area contributed by atoms with Crippen LogP contribution in [0.15, 0.2) is 30.5 Å². The number of carbonyl (C=O) groups is 1. The van der Waals surface area contributed by atoms with Crippen LogP contribution in [0, 0.1) is 5.82 Å². The second-order valence-corrected chi connectivity index (χ2v) is 7.24. The van der Waals surface area contributed by atoms with Crippen LogP contribution in [-0.2, 0) is 4.74 Å². The topological polar surface area (TPSA) is 68.2 Å². The summed E-state index contributed by atoms with van der Waals surface area (Å²) in [7, 11) is 0. The Kier molecular flexibility index (Phi) is 5.20. The number of benzene rings is 1. The van der Waals surface area contributed by atoms with Crippen molar-refractivity contribution in [1.29, 1.82) is 0 Å². The third-order valence-corrected chi connectivity index (χ3v) is 5.27. The fourth-order valence-electron chi connectivity index (χ4n) is 3.75. The fraction of sp³-hybridized carbons (Fsp3) is 0.474. The van der Waals surface area contributed by atoms with E-state index in [2.05, 4.69) is 15.7 Å². The molecule has 0 saturated carbocycles. The predicted octanol–water partition coefficient (Wildman–Crippen LogP) is 3.59. The fourth-order valence-corrected chi connectivity index (χ4v) is 3.75. The van der Waals surface area contributed by atoms with Crippen molar-refractivity contribution in [3.8, 4) is 0 Å². The highest BCUT2D eigenvalue weighted by Crippen LogP contribution is 2.44. The number of nitrogens with zero attached hydrogens (tertiary/aromatic N) is 2. The number of rotatable bonds is 4. The van der Waals surface area contributed by atoms with Crippen LogP contribution in [0.5, 0.6) is 0 Å². The molecule has 1 amide bonds. The molecule has 3 heterocycles. The average Bonchev–Trinajstić information content (AvgIpc) is 3.35. The summed E-state index contributed by atoms with van der Waals surface area (Å²) in [5.41, 5.74) is 0.530. The number of carbonyl (C=O) groups excluding carboxylic acids is 1. The van der Waals surface area contributed by atoms with Crippen LogP contribution in [-0.4, -0.2) is 41.1 Å². The minimum atomic E-state index is -4.55. The van der Waals surface area contributed by atoms with Crippen molar-refractivity contribution in [3.63, 3.8) is 0 Å². The van der Waals surface area contributed by atoms with E-state index < -0.39 is 30.0 Å². The number of ether oxygens (including phenoxy) is 1. The van der Waals surface area contributed by atoms with Gasteiger partial charge in [-0.3, -0.25) is 4.79 Å². The maximum Gasteiger partial charge on any atom is 0.410 e. The molecule has 156 valence electrons. The minimum Gasteiger partial charge on any atom is -0.376 e. The number of aromatic nitrogens is 2.